The third-order valence-corrected chi connectivity index (χ3v) is 3.32. The van der Waals surface area contributed by atoms with Gasteiger partial charge in [0.05, 0.1) is 0 Å². The van der Waals surface area contributed by atoms with Crippen LogP contribution in [-0.4, -0.2) is 6.54 Å². The van der Waals surface area contributed by atoms with Crippen molar-refractivity contribution in [2.24, 2.45) is 23.0 Å². The first-order valence-electron chi connectivity index (χ1n) is 5.26. The number of hydrogen-bond acceptors (Lipinski definition) is 1. The maximum absolute atomic E-state index is 5.79. The Bertz CT molecular complexity index is 134. The summed E-state index contributed by atoms with van der Waals surface area (Å²) < 4.78 is 0. The van der Waals surface area contributed by atoms with Crippen LogP contribution in [0.15, 0.2) is 0 Å². The molecule has 1 nitrogen and oxygen atoms in total. The van der Waals surface area contributed by atoms with Gasteiger partial charge in [0.1, 0.15) is 0 Å². The number of nitrogens with two attached hydrogens (primary N) is 1. The molecule has 0 aromatic carbocycles. The molecule has 0 unspecified atom stereocenters. The third kappa shape index (κ3) is 2.22. The lowest BCUT2D eigenvalue weighted by molar-refractivity contribution is 0.112. The lowest BCUT2D eigenvalue weighted by Gasteiger charge is -2.40. The van der Waals surface area contributed by atoms with Gasteiger partial charge in [-0.05, 0) is 36.6 Å². The number of rotatable bonds is 1. The lowest BCUT2D eigenvalue weighted by Crippen LogP contribution is -2.35. The Morgan fingerprint density at radius 1 is 1.17 bits per heavy atom. The Morgan fingerprint density at radius 2 is 1.75 bits per heavy atom. The predicted octanol–water partition coefficient (Wildman–Crippen LogP) is 2.80. The average molecular weight is 169 g/mol. The van der Waals surface area contributed by atoms with E-state index in [0.29, 0.717) is 5.41 Å². The zero-order valence-electron chi connectivity index (χ0n) is 8.77. The van der Waals surface area contributed by atoms with Crippen LogP contribution in [0.5, 0.6) is 0 Å². The largest absolute Gasteiger partial charge is 0.330 e. The highest BCUT2D eigenvalue weighted by Crippen LogP contribution is 2.41. The molecule has 0 aliphatic heterocycles. The minimum atomic E-state index is 0.463. The van der Waals surface area contributed by atoms with E-state index >= 15 is 0 Å². The second-order valence-electron chi connectivity index (χ2n) is 5.25. The molecule has 0 radical (unpaired) electrons. The summed E-state index contributed by atoms with van der Waals surface area (Å²) in [6, 6.07) is 0. The Labute approximate surface area is 76.7 Å². The van der Waals surface area contributed by atoms with Crippen molar-refractivity contribution in [3.63, 3.8) is 0 Å². The molecule has 0 bridgehead atoms. The molecule has 0 saturated heterocycles. The zero-order chi connectivity index (χ0) is 9.19. The van der Waals surface area contributed by atoms with Gasteiger partial charge in [0.2, 0.25) is 0 Å². The molecule has 1 fully saturated rings. The molecule has 0 aromatic heterocycles. The lowest BCUT2D eigenvalue weighted by atomic mass is 9.66. The van der Waals surface area contributed by atoms with Crippen LogP contribution >= 0.6 is 0 Å². The summed E-state index contributed by atoms with van der Waals surface area (Å²) in [6.45, 7) is 7.95. The molecule has 1 aliphatic carbocycles. The van der Waals surface area contributed by atoms with Crippen molar-refractivity contribution >= 4 is 0 Å². The molecule has 1 aliphatic rings. The van der Waals surface area contributed by atoms with Crippen molar-refractivity contribution in [3.05, 3.63) is 0 Å². The molecule has 2 atom stereocenters. The van der Waals surface area contributed by atoms with E-state index in [2.05, 4.69) is 20.8 Å². The van der Waals surface area contributed by atoms with Gasteiger partial charge in [-0.3, -0.25) is 0 Å². The molecule has 1 rings (SSSR count). The number of hydrogen-bond donors (Lipinski definition) is 1. The summed E-state index contributed by atoms with van der Waals surface area (Å²) >= 11 is 0. The second kappa shape index (κ2) is 3.78. The van der Waals surface area contributed by atoms with Crippen LogP contribution in [0.3, 0.4) is 0 Å². The van der Waals surface area contributed by atoms with Gasteiger partial charge < -0.3 is 5.73 Å². The van der Waals surface area contributed by atoms with E-state index in [4.69, 9.17) is 5.73 Å². The molecule has 0 amide bonds. The summed E-state index contributed by atoms with van der Waals surface area (Å²) in [5.74, 6) is 1.65. The van der Waals surface area contributed by atoms with Gasteiger partial charge in [-0.1, -0.05) is 33.6 Å². The van der Waals surface area contributed by atoms with Crippen molar-refractivity contribution in [2.45, 2.75) is 46.5 Å². The SMILES string of the molecule is CC(C)(C)[C@@H]1CCCC[C@H]1CN. The first kappa shape index (κ1) is 10.0. The predicted molar refractivity (Wildman–Crippen MR) is 54.0 cm³/mol. The highest BCUT2D eigenvalue weighted by atomic mass is 14.6. The summed E-state index contributed by atoms with van der Waals surface area (Å²) in [5.41, 5.74) is 6.25. The van der Waals surface area contributed by atoms with Gasteiger partial charge >= 0.3 is 0 Å². The minimum Gasteiger partial charge on any atom is -0.330 e. The van der Waals surface area contributed by atoms with Crippen molar-refractivity contribution in [3.8, 4) is 0 Å². The Hall–Kier alpha value is -0.0400. The molecule has 0 spiro atoms. The molecule has 2 N–H and O–H groups in total. The van der Waals surface area contributed by atoms with Gasteiger partial charge in [-0.25, -0.2) is 0 Å². The molecule has 1 heteroatoms. The first-order valence-corrected chi connectivity index (χ1v) is 5.26. The minimum absolute atomic E-state index is 0.463. The molecule has 12 heavy (non-hydrogen) atoms. The van der Waals surface area contributed by atoms with E-state index in [1.165, 1.54) is 25.7 Å². The smallest absolute Gasteiger partial charge is 0.00460 e. The fourth-order valence-electron chi connectivity index (χ4n) is 2.63. The summed E-state index contributed by atoms with van der Waals surface area (Å²) in [5, 5.41) is 0. The van der Waals surface area contributed by atoms with E-state index < -0.39 is 0 Å². The van der Waals surface area contributed by atoms with Crippen LogP contribution in [-0.2, 0) is 0 Å². The van der Waals surface area contributed by atoms with Crippen LogP contribution in [0.4, 0.5) is 0 Å². The summed E-state index contributed by atoms with van der Waals surface area (Å²) in [6.07, 6.45) is 5.57. The Morgan fingerprint density at radius 3 is 2.17 bits per heavy atom. The van der Waals surface area contributed by atoms with E-state index in [9.17, 15) is 0 Å². The van der Waals surface area contributed by atoms with Crippen molar-refractivity contribution in [2.75, 3.05) is 6.54 Å². The molecular formula is C11H23N. The molecule has 0 aromatic rings. The van der Waals surface area contributed by atoms with E-state index in [1.807, 2.05) is 0 Å². The van der Waals surface area contributed by atoms with Gasteiger partial charge in [0.15, 0.2) is 0 Å². The van der Waals surface area contributed by atoms with E-state index in [1.54, 1.807) is 0 Å². The molecule has 72 valence electrons. The third-order valence-electron chi connectivity index (χ3n) is 3.32. The van der Waals surface area contributed by atoms with Crippen LogP contribution in [0.25, 0.3) is 0 Å². The van der Waals surface area contributed by atoms with Crippen molar-refractivity contribution in [1.82, 2.24) is 0 Å². The monoisotopic (exact) mass is 169 g/mol. The second-order valence-corrected chi connectivity index (χ2v) is 5.25. The fraction of sp³-hybridized carbons (Fsp3) is 1.00. The fourth-order valence-corrected chi connectivity index (χ4v) is 2.63. The normalized spacial score (nSPS) is 32.0. The molecule has 1 saturated carbocycles. The highest BCUT2D eigenvalue weighted by molar-refractivity contribution is 4.84. The quantitative estimate of drug-likeness (QED) is 0.642. The topological polar surface area (TPSA) is 26.0 Å². The summed E-state index contributed by atoms with van der Waals surface area (Å²) in [7, 11) is 0. The van der Waals surface area contributed by atoms with Crippen LogP contribution in [0.1, 0.15) is 46.5 Å². The van der Waals surface area contributed by atoms with Gasteiger partial charge in [0.25, 0.3) is 0 Å². The maximum atomic E-state index is 5.79. The standard InChI is InChI=1S/C11H23N/c1-11(2,3)10-7-5-4-6-9(10)8-12/h9-10H,4-8,12H2,1-3H3/t9-,10+/m0/s1. The van der Waals surface area contributed by atoms with Crippen LogP contribution < -0.4 is 5.73 Å². The molecular weight excluding hydrogens is 146 g/mol. The molecule has 0 heterocycles. The van der Waals surface area contributed by atoms with E-state index in [0.717, 1.165) is 18.4 Å². The van der Waals surface area contributed by atoms with Crippen molar-refractivity contribution < 1.29 is 0 Å². The Kier molecular flexibility index (Phi) is 3.16. The van der Waals surface area contributed by atoms with Gasteiger partial charge in [0, 0.05) is 0 Å². The summed E-state index contributed by atoms with van der Waals surface area (Å²) in [4.78, 5) is 0. The van der Waals surface area contributed by atoms with Gasteiger partial charge in [-0.2, -0.15) is 0 Å². The van der Waals surface area contributed by atoms with Gasteiger partial charge in [-0.15, -0.1) is 0 Å². The Balaban J connectivity index is 2.59. The van der Waals surface area contributed by atoms with Crippen molar-refractivity contribution in [1.29, 1.82) is 0 Å². The highest BCUT2D eigenvalue weighted by Gasteiger charge is 2.32. The van der Waals surface area contributed by atoms with E-state index in [-0.39, 0.29) is 0 Å². The first-order chi connectivity index (χ1) is 5.55. The maximum Gasteiger partial charge on any atom is -0.00460 e. The van der Waals surface area contributed by atoms with Crippen LogP contribution in [0.2, 0.25) is 0 Å². The average Bonchev–Trinajstić information content (AvgIpc) is 2.03. The zero-order valence-corrected chi connectivity index (χ0v) is 8.77. The van der Waals surface area contributed by atoms with Crippen LogP contribution in [0, 0.1) is 17.3 Å².